The van der Waals surface area contributed by atoms with Gasteiger partial charge in [0, 0.05) is 26.7 Å². The van der Waals surface area contributed by atoms with Gasteiger partial charge in [-0.3, -0.25) is 0 Å². The molecule has 0 bridgehead atoms. The molecule has 0 aliphatic heterocycles. The van der Waals surface area contributed by atoms with Crippen LogP contribution < -0.4 is 0 Å². The van der Waals surface area contributed by atoms with E-state index in [1.54, 1.807) is 0 Å². The predicted octanol–water partition coefficient (Wildman–Crippen LogP) is 12.0. The number of alkyl halides is 15. The van der Waals surface area contributed by atoms with E-state index in [-0.39, 0.29) is 37.5 Å². The molecule has 17 heteroatoms. The standard InChI is InChI=1S/C31H45F15O2/c1-5-6-7-8-19-9-11-20(12-10-19)21-13-15-22(16-14-21)23(17-47-27(24(2,32)33,25(3,34)35)29(38,39)40)18-48-28(26(4,36)37,30(41,42)43)31(44,45)46/h19-23H,5-18H2,1-4H3. The van der Waals surface area contributed by atoms with Crippen molar-refractivity contribution in [3.63, 3.8) is 0 Å². The van der Waals surface area contributed by atoms with Crippen LogP contribution in [-0.2, 0) is 9.47 Å². The van der Waals surface area contributed by atoms with Crippen LogP contribution >= 0.6 is 0 Å². The summed E-state index contributed by atoms with van der Waals surface area (Å²) in [7, 11) is 0. The first-order valence-electron chi connectivity index (χ1n) is 16.2. The van der Waals surface area contributed by atoms with Crippen LogP contribution in [0.4, 0.5) is 65.9 Å². The van der Waals surface area contributed by atoms with Crippen molar-refractivity contribution in [1.29, 1.82) is 0 Å². The molecule has 2 aliphatic carbocycles. The number of ether oxygens (including phenoxy) is 2. The van der Waals surface area contributed by atoms with Gasteiger partial charge >= 0.3 is 24.1 Å². The largest absolute Gasteiger partial charge is 0.432 e. The Morgan fingerprint density at radius 1 is 0.500 bits per heavy atom. The van der Waals surface area contributed by atoms with Gasteiger partial charge < -0.3 is 9.47 Å². The number of halogens is 15. The first kappa shape index (κ1) is 43.0. The normalized spacial score (nSPS) is 25.3. The minimum absolute atomic E-state index is 0.0268. The molecule has 0 heterocycles. The number of hydrogen-bond donors (Lipinski definition) is 0. The molecule has 0 N–H and O–H groups in total. The van der Waals surface area contributed by atoms with Gasteiger partial charge in [-0.2, -0.15) is 39.5 Å². The van der Waals surface area contributed by atoms with E-state index >= 15 is 0 Å². The van der Waals surface area contributed by atoms with Crippen LogP contribution in [-0.4, -0.2) is 60.7 Å². The summed E-state index contributed by atoms with van der Waals surface area (Å²) >= 11 is 0. The summed E-state index contributed by atoms with van der Waals surface area (Å²) in [6, 6.07) is 0. The van der Waals surface area contributed by atoms with Crippen LogP contribution in [0.5, 0.6) is 0 Å². The fourth-order valence-corrected chi connectivity index (χ4v) is 7.67. The van der Waals surface area contributed by atoms with Crippen LogP contribution in [0.15, 0.2) is 0 Å². The highest BCUT2D eigenvalue weighted by Crippen LogP contribution is 2.56. The Balaban J connectivity index is 2.39. The lowest BCUT2D eigenvalue weighted by molar-refractivity contribution is -0.434. The van der Waals surface area contributed by atoms with Crippen LogP contribution in [0.3, 0.4) is 0 Å². The van der Waals surface area contributed by atoms with Gasteiger partial charge in [-0.15, -0.1) is 0 Å². The van der Waals surface area contributed by atoms with Crippen molar-refractivity contribution < 1.29 is 75.3 Å². The molecule has 0 spiro atoms. The van der Waals surface area contributed by atoms with Gasteiger partial charge in [0.2, 0.25) is 0 Å². The van der Waals surface area contributed by atoms with Crippen molar-refractivity contribution >= 4 is 0 Å². The van der Waals surface area contributed by atoms with Crippen LogP contribution in [0.25, 0.3) is 0 Å². The molecule has 2 saturated carbocycles. The number of hydrogen-bond acceptors (Lipinski definition) is 2. The van der Waals surface area contributed by atoms with Crippen molar-refractivity contribution in [1.82, 2.24) is 0 Å². The third-order valence-corrected chi connectivity index (χ3v) is 10.3. The second-order valence-corrected chi connectivity index (χ2v) is 13.9. The minimum Gasteiger partial charge on any atom is -0.355 e. The molecule has 0 amide bonds. The molecule has 48 heavy (non-hydrogen) atoms. The van der Waals surface area contributed by atoms with Crippen molar-refractivity contribution in [2.75, 3.05) is 13.2 Å². The molecule has 2 aliphatic rings. The fourth-order valence-electron chi connectivity index (χ4n) is 7.67. The molecular formula is C31H45F15O2. The monoisotopic (exact) mass is 734 g/mol. The average molecular weight is 735 g/mol. The molecule has 2 nitrogen and oxygen atoms in total. The van der Waals surface area contributed by atoms with Crippen molar-refractivity contribution in [3.05, 3.63) is 0 Å². The van der Waals surface area contributed by atoms with E-state index in [4.69, 9.17) is 0 Å². The van der Waals surface area contributed by atoms with E-state index < -0.39 is 93.3 Å². The minimum atomic E-state index is -6.81. The Morgan fingerprint density at radius 3 is 1.19 bits per heavy atom. The lowest BCUT2D eigenvalue weighted by Gasteiger charge is -2.46. The molecule has 0 aromatic heterocycles. The van der Waals surface area contributed by atoms with Gasteiger partial charge in [0.05, 0.1) is 13.2 Å². The second-order valence-electron chi connectivity index (χ2n) is 13.9. The predicted molar refractivity (Wildman–Crippen MR) is 146 cm³/mol. The van der Waals surface area contributed by atoms with Gasteiger partial charge in [0.25, 0.3) is 23.4 Å². The zero-order chi connectivity index (χ0) is 37.2. The van der Waals surface area contributed by atoms with Gasteiger partial charge in [0.1, 0.15) is 0 Å². The lowest BCUT2D eigenvalue weighted by Crippen LogP contribution is -2.69. The Kier molecular flexibility index (Phi) is 13.7. The number of rotatable bonds is 15. The third kappa shape index (κ3) is 9.02. The average Bonchev–Trinajstić information content (AvgIpc) is 2.88. The summed E-state index contributed by atoms with van der Waals surface area (Å²) in [6.07, 6.45) is -11.7. The maximum atomic E-state index is 14.4. The van der Waals surface area contributed by atoms with Crippen LogP contribution in [0, 0.1) is 29.6 Å². The molecule has 0 aromatic rings. The van der Waals surface area contributed by atoms with Crippen molar-refractivity contribution in [3.8, 4) is 0 Å². The van der Waals surface area contributed by atoms with Crippen LogP contribution in [0.1, 0.15) is 105 Å². The summed E-state index contributed by atoms with van der Waals surface area (Å²) in [5.74, 6) is -18.9. The van der Waals surface area contributed by atoms with E-state index in [2.05, 4.69) is 16.4 Å². The maximum Gasteiger partial charge on any atom is 0.432 e. The summed E-state index contributed by atoms with van der Waals surface area (Å²) in [6.45, 7) is -3.56. The Labute approximate surface area is 270 Å². The Morgan fingerprint density at radius 2 is 0.854 bits per heavy atom. The molecule has 1 atom stereocenters. The van der Waals surface area contributed by atoms with Gasteiger partial charge in [-0.05, 0) is 62.2 Å². The Bertz CT molecular complexity index is 847. The van der Waals surface area contributed by atoms with E-state index in [0.717, 1.165) is 51.4 Å². The van der Waals surface area contributed by atoms with E-state index in [1.165, 1.54) is 0 Å². The summed E-state index contributed by atoms with van der Waals surface area (Å²) in [5.41, 5.74) is -11.7. The Hall–Kier alpha value is -1.13. The lowest BCUT2D eigenvalue weighted by atomic mass is 9.67. The van der Waals surface area contributed by atoms with Gasteiger partial charge in [-0.25, -0.2) is 26.3 Å². The molecule has 286 valence electrons. The summed E-state index contributed by atoms with van der Waals surface area (Å²) in [4.78, 5) is 0. The maximum absolute atomic E-state index is 14.4. The number of unbranched alkanes of at least 4 members (excludes halogenated alkanes) is 2. The van der Waals surface area contributed by atoms with Crippen molar-refractivity contribution in [2.45, 2.75) is 152 Å². The zero-order valence-electron chi connectivity index (χ0n) is 27.3. The van der Waals surface area contributed by atoms with Gasteiger partial charge in [-0.1, -0.05) is 45.4 Å². The molecule has 2 fully saturated rings. The first-order valence-corrected chi connectivity index (χ1v) is 16.2. The fraction of sp³-hybridized carbons (Fsp3) is 1.00. The highest BCUT2D eigenvalue weighted by Gasteiger charge is 2.83. The highest BCUT2D eigenvalue weighted by atomic mass is 19.4. The molecule has 0 saturated heterocycles. The molecule has 0 aromatic carbocycles. The summed E-state index contributed by atoms with van der Waals surface area (Å²) in [5, 5.41) is 0. The molecule has 2 rings (SSSR count). The smallest absolute Gasteiger partial charge is 0.355 e. The first-order chi connectivity index (χ1) is 21.6. The molecule has 1 unspecified atom stereocenters. The third-order valence-electron chi connectivity index (χ3n) is 10.3. The second kappa shape index (κ2) is 15.2. The highest BCUT2D eigenvalue weighted by molar-refractivity contribution is 5.08. The molecular weight excluding hydrogens is 689 g/mol. The van der Waals surface area contributed by atoms with E-state index in [1.807, 2.05) is 0 Å². The van der Waals surface area contributed by atoms with E-state index in [0.29, 0.717) is 5.92 Å². The van der Waals surface area contributed by atoms with Gasteiger partial charge in [0.15, 0.2) is 0 Å². The molecule has 0 radical (unpaired) electrons. The summed E-state index contributed by atoms with van der Waals surface area (Å²) < 4.78 is 219. The quantitative estimate of drug-likeness (QED) is 0.123. The van der Waals surface area contributed by atoms with Crippen LogP contribution in [0.2, 0.25) is 0 Å². The SMILES string of the molecule is CCCCCC1CCC(C2CCC(C(COC(C(C)(F)F)(C(C)(F)F)C(F)(F)F)COC(C(C)(F)F)(C(F)(F)F)C(F)(F)F)CC2)CC1. The topological polar surface area (TPSA) is 18.5 Å². The van der Waals surface area contributed by atoms with E-state index in [9.17, 15) is 65.9 Å². The van der Waals surface area contributed by atoms with Crippen molar-refractivity contribution in [2.24, 2.45) is 29.6 Å². The zero-order valence-corrected chi connectivity index (χ0v) is 27.3.